The maximum Gasteiger partial charge on any atom is 0.298 e. The van der Waals surface area contributed by atoms with E-state index in [2.05, 4.69) is 0 Å². The van der Waals surface area contributed by atoms with Gasteiger partial charge < -0.3 is 5.11 Å². The lowest BCUT2D eigenvalue weighted by Crippen LogP contribution is -1.98. The van der Waals surface area contributed by atoms with Crippen LogP contribution >= 0.6 is 0 Å². The summed E-state index contributed by atoms with van der Waals surface area (Å²) >= 11 is 0. The second-order valence-electron chi connectivity index (χ2n) is 2.09. The van der Waals surface area contributed by atoms with E-state index in [0.717, 1.165) is 12.1 Å². The SMILES string of the molecule is O=S(=O)(O)c1ccc(F)cc1O. The molecule has 6 heteroatoms. The minimum atomic E-state index is -4.47. The van der Waals surface area contributed by atoms with Crippen molar-refractivity contribution in [1.29, 1.82) is 0 Å². The first kappa shape index (κ1) is 8.95. The molecular weight excluding hydrogens is 187 g/mol. The number of phenolic OH excluding ortho intramolecular Hbond substituents is 1. The average Bonchev–Trinajstić information content (AvgIpc) is 1.83. The van der Waals surface area contributed by atoms with Crippen molar-refractivity contribution >= 4 is 10.1 Å². The van der Waals surface area contributed by atoms with Gasteiger partial charge in [0.15, 0.2) is 0 Å². The van der Waals surface area contributed by atoms with Crippen molar-refractivity contribution in [3.05, 3.63) is 24.0 Å². The molecule has 0 unspecified atom stereocenters. The lowest BCUT2D eigenvalue weighted by Gasteiger charge is -1.99. The summed E-state index contributed by atoms with van der Waals surface area (Å²) in [6.45, 7) is 0. The lowest BCUT2D eigenvalue weighted by molar-refractivity contribution is 0.439. The summed E-state index contributed by atoms with van der Waals surface area (Å²) in [6.07, 6.45) is 0. The van der Waals surface area contributed by atoms with Gasteiger partial charge in [-0.3, -0.25) is 4.55 Å². The molecule has 0 saturated heterocycles. The minimum Gasteiger partial charge on any atom is -0.506 e. The van der Waals surface area contributed by atoms with E-state index in [-0.39, 0.29) is 0 Å². The van der Waals surface area contributed by atoms with Gasteiger partial charge in [0.1, 0.15) is 16.5 Å². The number of hydrogen-bond donors (Lipinski definition) is 2. The molecule has 0 aliphatic carbocycles. The molecule has 0 atom stereocenters. The molecule has 0 bridgehead atoms. The van der Waals surface area contributed by atoms with Crippen LogP contribution in [0.1, 0.15) is 0 Å². The maximum atomic E-state index is 12.3. The monoisotopic (exact) mass is 192 g/mol. The molecule has 12 heavy (non-hydrogen) atoms. The van der Waals surface area contributed by atoms with E-state index < -0.39 is 26.6 Å². The highest BCUT2D eigenvalue weighted by Crippen LogP contribution is 2.22. The zero-order chi connectivity index (χ0) is 9.35. The van der Waals surface area contributed by atoms with Crippen molar-refractivity contribution in [1.82, 2.24) is 0 Å². The van der Waals surface area contributed by atoms with E-state index in [0.29, 0.717) is 6.07 Å². The number of rotatable bonds is 1. The average molecular weight is 192 g/mol. The molecule has 0 radical (unpaired) electrons. The van der Waals surface area contributed by atoms with Gasteiger partial charge in [-0.05, 0) is 12.1 Å². The number of halogens is 1. The fourth-order valence-electron chi connectivity index (χ4n) is 0.709. The van der Waals surface area contributed by atoms with Gasteiger partial charge in [-0.2, -0.15) is 8.42 Å². The number of aromatic hydroxyl groups is 1. The van der Waals surface area contributed by atoms with Gasteiger partial charge in [0.05, 0.1) is 0 Å². The van der Waals surface area contributed by atoms with Crippen molar-refractivity contribution in [2.45, 2.75) is 4.90 Å². The first-order valence-electron chi connectivity index (χ1n) is 2.87. The molecule has 0 fully saturated rings. The molecule has 1 aromatic carbocycles. The molecule has 0 aliphatic rings. The van der Waals surface area contributed by atoms with Crippen LogP contribution in [0.15, 0.2) is 23.1 Å². The van der Waals surface area contributed by atoms with Crippen LogP contribution in [-0.2, 0) is 10.1 Å². The van der Waals surface area contributed by atoms with Gasteiger partial charge >= 0.3 is 0 Å². The van der Waals surface area contributed by atoms with E-state index >= 15 is 0 Å². The smallest absolute Gasteiger partial charge is 0.298 e. The Bertz CT molecular complexity index is 398. The van der Waals surface area contributed by atoms with Crippen LogP contribution in [0.5, 0.6) is 5.75 Å². The highest BCUT2D eigenvalue weighted by atomic mass is 32.2. The Morgan fingerprint density at radius 2 is 1.92 bits per heavy atom. The Kier molecular flexibility index (Phi) is 2.03. The van der Waals surface area contributed by atoms with Gasteiger partial charge in [-0.15, -0.1) is 0 Å². The first-order chi connectivity index (χ1) is 5.41. The standard InChI is InChI=1S/C6H5FO4S/c7-4-1-2-6(5(8)3-4)12(9,10)11/h1-3,8H,(H,9,10,11). The maximum absolute atomic E-state index is 12.3. The van der Waals surface area contributed by atoms with Crippen molar-refractivity contribution in [3.8, 4) is 5.75 Å². The molecule has 0 saturated carbocycles. The summed E-state index contributed by atoms with van der Waals surface area (Å²) in [4.78, 5) is -0.705. The fraction of sp³-hybridized carbons (Fsp3) is 0. The molecule has 0 aliphatic heterocycles. The van der Waals surface area contributed by atoms with Crippen LogP contribution in [0.4, 0.5) is 4.39 Å². The normalized spacial score (nSPS) is 11.5. The van der Waals surface area contributed by atoms with Crippen molar-refractivity contribution in [2.75, 3.05) is 0 Å². The Labute approximate surface area is 68.0 Å². The van der Waals surface area contributed by atoms with Crippen LogP contribution < -0.4 is 0 Å². The third kappa shape index (κ3) is 1.72. The Morgan fingerprint density at radius 1 is 1.33 bits per heavy atom. The highest BCUT2D eigenvalue weighted by molar-refractivity contribution is 7.86. The molecule has 66 valence electrons. The Balaban J connectivity index is 3.39. The fourth-order valence-corrected chi connectivity index (χ4v) is 1.27. The summed E-state index contributed by atoms with van der Waals surface area (Å²) < 4.78 is 41.6. The molecule has 0 aromatic heterocycles. The van der Waals surface area contributed by atoms with E-state index in [1.54, 1.807) is 0 Å². The minimum absolute atomic E-state index is 0.600. The van der Waals surface area contributed by atoms with Crippen LogP contribution in [0.25, 0.3) is 0 Å². The van der Waals surface area contributed by atoms with Crippen molar-refractivity contribution < 1.29 is 22.5 Å². The molecular formula is C6H5FO4S. The molecule has 1 aromatic rings. The molecule has 1 rings (SSSR count). The summed E-state index contributed by atoms with van der Waals surface area (Å²) in [7, 11) is -4.47. The molecule has 0 spiro atoms. The molecule has 0 amide bonds. The van der Waals surface area contributed by atoms with Crippen LogP contribution in [0.2, 0.25) is 0 Å². The summed E-state index contributed by atoms with van der Waals surface area (Å²) in [6, 6.07) is 2.20. The second kappa shape index (κ2) is 2.72. The molecule has 0 heterocycles. The largest absolute Gasteiger partial charge is 0.506 e. The Morgan fingerprint density at radius 3 is 2.33 bits per heavy atom. The van der Waals surface area contributed by atoms with Crippen molar-refractivity contribution in [3.63, 3.8) is 0 Å². The van der Waals surface area contributed by atoms with Crippen LogP contribution in [0.3, 0.4) is 0 Å². The summed E-state index contributed by atoms with van der Waals surface area (Å²) in [5.41, 5.74) is 0. The topological polar surface area (TPSA) is 74.6 Å². The zero-order valence-electron chi connectivity index (χ0n) is 5.73. The quantitative estimate of drug-likeness (QED) is 0.644. The van der Waals surface area contributed by atoms with Crippen molar-refractivity contribution in [2.24, 2.45) is 0 Å². The van der Waals surface area contributed by atoms with E-state index in [4.69, 9.17) is 9.66 Å². The van der Waals surface area contributed by atoms with Crippen LogP contribution in [0, 0.1) is 5.82 Å². The third-order valence-electron chi connectivity index (χ3n) is 1.20. The van der Waals surface area contributed by atoms with Gasteiger partial charge in [0, 0.05) is 6.07 Å². The number of hydrogen-bond acceptors (Lipinski definition) is 3. The van der Waals surface area contributed by atoms with Gasteiger partial charge in [-0.1, -0.05) is 0 Å². The predicted octanol–water partition coefficient (Wildman–Crippen LogP) is 0.778. The van der Waals surface area contributed by atoms with E-state index in [1.807, 2.05) is 0 Å². The van der Waals surface area contributed by atoms with Gasteiger partial charge in [0.2, 0.25) is 0 Å². The summed E-state index contributed by atoms with van der Waals surface area (Å²) in [5.74, 6) is -1.59. The molecule has 2 N–H and O–H groups in total. The second-order valence-corrected chi connectivity index (χ2v) is 3.48. The predicted molar refractivity (Wildman–Crippen MR) is 37.9 cm³/mol. The lowest BCUT2D eigenvalue weighted by atomic mass is 10.3. The van der Waals surface area contributed by atoms with Gasteiger partial charge in [0.25, 0.3) is 10.1 Å². The first-order valence-corrected chi connectivity index (χ1v) is 4.31. The third-order valence-corrected chi connectivity index (χ3v) is 2.10. The number of benzene rings is 1. The Hall–Kier alpha value is -1.14. The van der Waals surface area contributed by atoms with Gasteiger partial charge in [-0.25, -0.2) is 4.39 Å². The number of phenols is 1. The molecule has 4 nitrogen and oxygen atoms in total. The van der Waals surface area contributed by atoms with E-state index in [1.165, 1.54) is 0 Å². The summed E-state index contributed by atoms with van der Waals surface area (Å²) in [5, 5.41) is 8.85. The van der Waals surface area contributed by atoms with E-state index in [9.17, 15) is 12.8 Å². The van der Waals surface area contributed by atoms with Crippen LogP contribution in [-0.4, -0.2) is 18.1 Å². The highest BCUT2D eigenvalue weighted by Gasteiger charge is 2.14. The zero-order valence-corrected chi connectivity index (χ0v) is 6.55.